The zero-order valence-corrected chi connectivity index (χ0v) is 15.5. The highest BCUT2D eigenvalue weighted by Gasteiger charge is 2.24. The summed E-state index contributed by atoms with van der Waals surface area (Å²) in [4.78, 5) is 28.4. The Balaban J connectivity index is 2.05. The van der Waals surface area contributed by atoms with Crippen molar-refractivity contribution >= 4 is 34.8 Å². The van der Waals surface area contributed by atoms with Crippen molar-refractivity contribution in [3.8, 4) is 10.6 Å². The predicted molar refractivity (Wildman–Crippen MR) is 95.3 cm³/mol. The van der Waals surface area contributed by atoms with Crippen molar-refractivity contribution in [2.24, 2.45) is 0 Å². The van der Waals surface area contributed by atoms with E-state index in [0.717, 1.165) is 5.56 Å². The molecule has 0 unspecified atom stereocenters. The summed E-state index contributed by atoms with van der Waals surface area (Å²) in [6.45, 7) is 7.11. The Morgan fingerprint density at radius 1 is 1.33 bits per heavy atom. The van der Waals surface area contributed by atoms with Crippen molar-refractivity contribution < 1.29 is 14.3 Å². The van der Waals surface area contributed by atoms with E-state index in [2.05, 4.69) is 10.3 Å². The zero-order valence-electron chi connectivity index (χ0n) is 13.9. The number of thiazole rings is 1. The van der Waals surface area contributed by atoms with Crippen LogP contribution in [0.5, 0.6) is 0 Å². The van der Waals surface area contributed by atoms with Crippen LogP contribution in [0.3, 0.4) is 0 Å². The van der Waals surface area contributed by atoms with E-state index in [4.69, 9.17) is 16.3 Å². The van der Waals surface area contributed by atoms with Crippen molar-refractivity contribution in [1.29, 1.82) is 0 Å². The molecule has 0 saturated carbocycles. The number of rotatable bonds is 4. The number of carbonyl (C=O) groups is 2. The molecule has 5 nitrogen and oxygen atoms in total. The molecule has 0 aliphatic heterocycles. The molecule has 2 aromatic rings. The lowest BCUT2D eigenvalue weighted by molar-refractivity contribution is -0.130. The predicted octanol–water partition coefficient (Wildman–Crippen LogP) is 3.92. The molecular weight excluding hydrogens is 348 g/mol. The number of carbonyl (C=O) groups excluding carboxylic acids is 2. The van der Waals surface area contributed by atoms with Crippen molar-refractivity contribution in [3.05, 3.63) is 40.4 Å². The van der Waals surface area contributed by atoms with Gasteiger partial charge in [-0.05, 0) is 39.8 Å². The van der Waals surface area contributed by atoms with Crippen LogP contribution >= 0.6 is 22.9 Å². The molecule has 0 aliphatic carbocycles. The van der Waals surface area contributed by atoms with Gasteiger partial charge in [0.15, 0.2) is 11.8 Å². The normalized spacial score (nSPS) is 12.5. The highest BCUT2D eigenvalue weighted by Crippen LogP contribution is 2.26. The monoisotopic (exact) mass is 366 g/mol. The second kappa shape index (κ2) is 7.32. The molecule has 0 bridgehead atoms. The van der Waals surface area contributed by atoms with E-state index in [9.17, 15) is 9.59 Å². The summed E-state index contributed by atoms with van der Waals surface area (Å²) >= 11 is 7.28. The molecule has 2 rings (SSSR count). The lowest BCUT2D eigenvalue weighted by atomic mass is 10.1. The van der Waals surface area contributed by atoms with Gasteiger partial charge in [-0.25, -0.2) is 9.78 Å². The van der Waals surface area contributed by atoms with Gasteiger partial charge in [-0.1, -0.05) is 23.7 Å². The number of nitrogens with zero attached hydrogens (tertiary/aromatic N) is 1. The van der Waals surface area contributed by atoms with Crippen LogP contribution in [0.25, 0.3) is 10.6 Å². The third kappa shape index (κ3) is 5.04. The first kappa shape index (κ1) is 18.4. The average Bonchev–Trinajstić information content (AvgIpc) is 2.95. The number of aromatic nitrogens is 1. The maximum Gasteiger partial charge on any atom is 0.358 e. The van der Waals surface area contributed by atoms with Gasteiger partial charge in [0, 0.05) is 21.5 Å². The number of hydrogen-bond acceptors (Lipinski definition) is 5. The van der Waals surface area contributed by atoms with E-state index in [1.54, 1.807) is 17.5 Å². The first-order valence-electron chi connectivity index (χ1n) is 7.40. The smallest absolute Gasteiger partial charge is 0.358 e. The molecule has 1 aromatic heterocycles. The number of esters is 1. The Hall–Kier alpha value is -1.92. The van der Waals surface area contributed by atoms with Crippen LogP contribution in [0.1, 0.15) is 38.2 Å². The third-order valence-electron chi connectivity index (χ3n) is 2.94. The van der Waals surface area contributed by atoms with Crippen molar-refractivity contribution in [2.45, 2.75) is 39.3 Å². The number of halogens is 1. The highest BCUT2D eigenvalue weighted by molar-refractivity contribution is 7.13. The molecule has 1 amide bonds. The number of benzene rings is 1. The summed E-state index contributed by atoms with van der Waals surface area (Å²) < 4.78 is 5.18. The van der Waals surface area contributed by atoms with E-state index in [1.165, 1.54) is 18.3 Å². The number of nitrogens with one attached hydrogen (secondary N) is 1. The Labute approximate surface area is 150 Å². The van der Waals surface area contributed by atoms with Crippen LogP contribution in [0.2, 0.25) is 5.02 Å². The number of ether oxygens (including phenoxy) is 1. The molecule has 1 heterocycles. The van der Waals surface area contributed by atoms with E-state index < -0.39 is 17.6 Å². The zero-order chi connectivity index (χ0) is 17.9. The molecule has 0 fully saturated rings. The first-order valence-corrected chi connectivity index (χ1v) is 8.66. The van der Waals surface area contributed by atoms with Crippen molar-refractivity contribution in [3.63, 3.8) is 0 Å². The van der Waals surface area contributed by atoms with Gasteiger partial charge < -0.3 is 10.1 Å². The molecule has 1 atom stereocenters. The van der Waals surface area contributed by atoms with Crippen LogP contribution in [0.15, 0.2) is 29.6 Å². The van der Waals surface area contributed by atoms with Gasteiger partial charge in [0.05, 0.1) is 0 Å². The Morgan fingerprint density at radius 3 is 2.67 bits per heavy atom. The highest BCUT2D eigenvalue weighted by atomic mass is 35.5. The number of amides is 1. The lowest BCUT2D eigenvalue weighted by Gasteiger charge is -2.23. The minimum Gasteiger partial charge on any atom is -0.448 e. The van der Waals surface area contributed by atoms with Crippen LogP contribution < -0.4 is 5.32 Å². The number of hydrogen-bond donors (Lipinski definition) is 1. The van der Waals surface area contributed by atoms with E-state index in [0.29, 0.717) is 10.0 Å². The molecule has 0 aliphatic rings. The van der Waals surface area contributed by atoms with Crippen molar-refractivity contribution in [1.82, 2.24) is 10.3 Å². The quantitative estimate of drug-likeness (QED) is 0.832. The molecule has 1 N–H and O–H groups in total. The van der Waals surface area contributed by atoms with E-state index >= 15 is 0 Å². The summed E-state index contributed by atoms with van der Waals surface area (Å²) in [5.41, 5.74) is 0.605. The van der Waals surface area contributed by atoms with Crippen LogP contribution in [-0.4, -0.2) is 28.5 Å². The fourth-order valence-electron chi connectivity index (χ4n) is 1.87. The Bertz CT molecular complexity index is 752. The fourth-order valence-corrected chi connectivity index (χ4v) is 2.84. The van der Waals surface area contributed by atoms with Crippen LogP contribution in [0.4, 0.5) is 0 Å². The van der Waals surface area contributed by atoms with Gasteiger partial charge in [-0.15, -0.1) is 11.3 Å². The summed E-state index contributed by atoms with van der Waals surface area (Å²) in [7, 11) is 0. The molecular formula is C17H19ClN2O3S. The first-order chi connectivity index (χ1) is 11.2. The molecule has 1 aromatic carbocycles. The molecule has 128 valence electrons. The van der Waals surface area contributed by atoms with Crippen molar-refractivity contribution in [2.75, 3.05) is 0 Å². The van der Waals surface area contributed by atoms with Gasteiger partial charge in [0.1, 0.15) is 5.01 Å². The minimum absolute atomic E-state index is 0.172. The molecule has 0 spiro atoms. The second-order valence-electron chi connectivity index (χ2n) is 6.34. The molecule has 24 heavy (non-hydrogen) atoms. The molecule has 0 saturated heterocycles. The van der Waals surface area contributed by atoms with Gasteiger partial charge in [0.2, 0.25) is 0 Å². The third-order valence-corrected chi connectivity index (χ3v) is 4.06. The topological polar surface area (TPSA) is 68.3 Å². The second-order valence-corrected chi connectivity index (χ2v) is 7.63. The van der Waals surface area contributed by atoms with Gasteiger partial charge in [-0.2, -0.15) is 0 Å². The van der Waals surface area contributed by atoms with Gasteiger partial charge >= 0.3 is 5.97 Å². The van der Waals surface area contributed by atoms with Crippen LogP contribution in [-0.2, 0) is 9.53 Å². The van der Waals surface area contributed by atoms with Gasteiger partial charge in [-0.3, -0.25) is 4.79 Å². The average molecular weight is 367 g/mol. The molecule has 0 radical (unpaired) electrons. The van der Waals surface area contributed by atoms with E-state index in [-0.39, 0.29) is 11.6 Å². The lowest BCUT2D eigenvalue weighted by Crippen LogP contribution is -2.46. The summed E-state index contributed by atoms with van der Waals surface area (Å²) in [5.74, 6) is -0.975. The minimum atomic E-state index is -0.895. The maximum atomic E-state index is 12.2. The standard InChI is InChI=1S/C17H19ClN2O3S/c1-10(14(21)20-17(2,3)4)23-16(22)13-9-24-15(19-13)11-6-5-7-12(18)8-11/h5-10H,1-4H3,(H,20,21)/t10-/m1/s1. The Morgan fingerprint density at radius 2 is 2.04 bits per heavy atom. The molecule has 7 heteroatoms. The fraction of sp³-hybridized carbons (Fsp3) is 0.353. The largest absolute Gasteiger partial charge is 0.448 e. The summed E-state index contributed by atoms with van der Waals surface area (Å²) in [6, 6.07) is 7.22. The SMILES string of the molecule is C[C@@H](OC(=O)c1csc(-c2cccc(Cl)c2)n1)C(=O)NC(C)(C)C. The van der Waals surface area contributed by atoms with Crippen LogP contribution in [0, 0.1) is 0 Å². The maximum absolute atomic E-state index is 12.2. The van der Waals surface area contributed by atoms with Gasteiger partial charge in [0.25, 0.3) is 5.91 Å². The Kier molecular flexibility index (Phi) is 5.62. The summed E-state index contributed by atoms with van der Waals surface area (Å²) in [5, 5.41) is 5.63. The summed E-state index contributed by atoms with van der Waals surface area (Å²) in [6.07, 6.45) is -0.895. The van der Waals surface area contributed by atoms with E-state index in [1.807, 2.05) is 32.9 Å².